The average Bonchev–Trinajstić information content (AvgIpc) is 2.49. The first kappa shape index (κ1) is 15.9. The second-order valence-corrected chi connectivity index (χ2v) is 5.60. The van der Waals surface area contributed by atoms with Crippen molar-refractivity contribution in [2.45, 2.75) is 19.9 Å². The van der Waals surface area contributed by atoms with E-state index in [1.165, 1.54) is 5.56 Å². The van der Waals surface area contributed by atoms with Gasteiger partial charge in [-0.05, 0) is 59.2 Å². The van der Waals surface area contributed by atoms with Crippen LogP contribution in [0.3, 0.4) is 0 Å². The van der Waals surface area contributed by atoms with Crippen LogP contribution in [0.25, 0.3) is 0 Å². The Kier molecular flexibility index (Phi) is 5.65. The Hall–Kier alpha value is -1.52. The second kappa shape index (κ2) is 7.48. The van der Waals surface area contributed by atoms with E-state index in [0.29, 0.717) is 6.04 Å². The molecule has 1 unspecified atom stereocenters. The normalized spacial score (nSPS) is 12.0. The summed E-state index contributed by atoms with van der Waals surface area (Å²) in [6, 6.07) is 14.0. The molecular formula is C17H20BrNO2. The smallest absolute Gasteiger partial charge is 0.141 e. The van der Waals surface area contributed by atoms with E-state index in [9.17, 15) is 0 Å². The van der Waals surface area contributed by atoms with Gasteiger partial charge in [0, 0.05) is 12.1 Å². The molecule has 0 saturated heterocycles. The van der Waals surface area contributed by atoms with E-state index >= 15 is 0 Å². The van der Waals surface area contributed by atoms with E-state index < -0.39 is 0 Å². The summed E-state index contributed by atoms with van der Waals surface area (Å²) in [6.07, 6.45) is 0. The molecule has 0 saturated carbocycles. The van der Waals surface area contributed by atoms with Gasteiger partial charge in [0.2, 0.25) is 0 Å². The molecule has 21 heavy (non-hydrogen) atoms. The van der Waals surface area contributed by atoms with Gasteiger partial charge >= 0.3 is 0 Å². The highest BCUT2D eigenvalue weighted by molar-refractivity contribution is 9.10. The first-order chi connectivity index (χ1) is 10.1. The van der Waals surface area contributed by atoms with E-state index in [-0.39, 0.29) is 0 Å². The SMILES string of the molecule is CCNC(C)c1ccc(Oc2cccc(OC)c2)c(Br)c1. The zero-order valence-electron chi connectivity index (χ0n) is 12.5. The van der Waals surface area contributed by atoms with Crippen LogP contribution < -0.4 is 14.8 Å². The molecule has 0 radical (unpaired) electrons. The molecule has 2 aromatic rings. The third-order valence-electron chi connectivity index (χ3n) is 3.24. The maximum Gasteiger partial charge on any atom is 0.141 e. The minimum Gasteiger partial charge on any atom is -0.497 e. The van der Waals surface area contributed by atoms with Crippen molar-refractivity contribution in [1.29, 1.82) is 0 Å². The summed E-state index contributed by atoms with van der Waals surface area (Å²) in [4.78, 5) is 0. The monoisotopic (exact) mass is 349 g/mol. The van der Waals surface area contributed by atoms with E-state index in [1.54, 1.807) is 7.11 Å². The zero-order valence-corrected chi connectivity index (χ0v) is 14.1. The summed E-state index contributed by atoms with van der Waals surface area (Å²) in [7, 11) is 1.64. The molecule has 1 N–H and O–H groups in total. The van der Waals surface area contributed by atoms with Gasteiger partial charge in [-0.15, -0.1) is 0 Å². The van der Waals surface area contributed by atoms with E-state index in [0.717, 1.165) is 28.3 Å². The van der Waals surface area contributed by atoms with Crippen LogP contribution in [0.5, 0.6) is 17.2 Å². The highest BCUT2D eigenvalue weighted by Crippen LogP contribution is 2.33. The van der Waals surface area contributed by atoms with Crippen LogP contribution in [0.2, 0.25) is 0 Å². The van der Waals surface area contributed by atoms with Crippen LogP contribution in [0.4, 0.5) is 0 Å². The van der Waals surface area contributed by atoms with Crippen molar-refractivity contribution in [3.63, 3.8) is 0 Å². The number of benzene rings is 2. The third kappa shape index (κ3) is 4.22. The number of rotatable bonds is 6. The number of ether oxygens (including phenoxy) is 2. The summed E-state index contributed by atoms with van der Waals surface area (Å²) < 4.78 is 12.0. The topological polar surface area (TPSA) is 30.5 Å². The Labute approximate surface area is 134 Å². The van der Waals surface area contributed by atoms with Crippen molar-refractivity contribution in [2.24, 2.45) is 0 Å². The van der Waals surface area contributed by atoms with E-state index in [4.69, 9.17) is 9.47 Å². The van der Waals surface area contributed by atoms with Crippen LogP contribution in [-0.2, 0) is 0 Å². The summed E-state index contributed by atoms with van der Waals surface area (Å²) in [5.41, 5.74) is 1.22. The Morgan fingerprint density at radius 3 is 2.57 bits per heavy atom. The lowest BCUT2D eigenvalue weighted by molar-refractivity contribution is 0.409. The molecule has 3 nitrogen and oxygen atoms in total. The number of hydrogen-bond donors (Lipinski definition) is 1. The maximum atomic E-state index is 5.90. The van der Waals surface area contributed by atoms with Gasteiger partial charge in [-0.1, -0.05) is 19.1 Å². The highest BCUT2D eigenvalue weighted by Gasteiger charge is 2.09. The molecule has 0 amide bonds. The molecule has 2 rings (SSSR count). The first-order valence-electron chi connectivity index (χ1n) is 6.98. The van der Waals surface area contributed by atoms with Crippen molar-refractivity contribution in [2.75, 3.05) is 13.7 Å². The summed E-state index contributed by atoms with van der Waals surface area (Å²) in [5, 5.41) is 3.40. The molecule has 0 aromatic heterocycles. The number of hydrogen-bond acceptors (Lipinski definition) is 3. The standard InChI is InChI=1S/C17H20BrNO2/c1-4-19-12(2)13-8-9-17(16(18)10-13)21-15-7-5-6-14(11-15)20-3/h5-12,19H,4H2,1-3H3. The molecule has 2 aromatic carbocycles. The number of nitrogens with one attached hydrogen (secondary N) is 1. The van der Waals surface area contributed by atoms with Crippen molar-refractivity contribution in [1.82, 2.24) is 5.32 Å². The van der Waals surface area contributed by atoms with E-state index in [1.807, 2.05) is 30.3 Å². The van der Waals surface area contributed by atoms with Crippen LogP contribution in [0, 0.1) is 0 Å². The lowest BCUT2D eigenvalue weighted by atomic mass is 10.1. The fourth-order valence-corrected chi connectivity index (χ4v) is 2.56. The van der Waals surface area contributed by atoms with Gasteiger partial charge in [0.05, 0.1) is 11.6 Å². The Bertz CT molecular complexity index is 601. The highest BCUT2D eigenvalue weighted by atomic mass is 79.9. The molecule has 0 spiro atoms. The second-order valence-electron chi connectivity index (χ2n) is 4.75. The Morgan fingerprint density at radius 1 is 1.14 bits per heavy atom. The van der Waals surface area contributed by atoms with Gasteiger partial charge in [-0.25, -0.2) is 0 Å². The van der Waals surface area contributed by atoms with Crippen molar-refractivity contribution >= 4 is 15.9 Å². The molecule has 0 fully saturated rings. The molecular weight excluding hydrogens is 330 g/mol. The van der Waals surface area contributed by atoms with Crippen molar-refractivity contribution < 1.29 is 9.47 Å². The maximum absolute atomic E-state index is 5.90. The van der Waals surface area contributed by atoms with Crippen molar-refractivity contribution in [3.8, 4) is 17.2 Å². The summed E-state index contributed by atoms with van der Waals surface area (Å²) >= 11 is 3.58. The van der Waals surface area contributed by atoms with Crippen molar-refractivity contribution in [3.05, 3.63) is 52.5 Å². The first-order valence-corrected chi connectivity index (χ1v) is 7.78. The predicted molar refractivity (Wildman–Crippen MR) is 89.3 cm³/mol. The molecule has 112 valence electrons. The summed E-state index contributed by atoms with van der Waals surface area (Å²) in [5.74, 6) is 2.32. The molecule has 4 heteroatoms. The minimum absolute atomic E-state index is 0.317. The third-order valence-corrected chi connectivity index (χ3v) is 3.85. The molecule has 0 aliphatic rings. The van der Waals surface area contributed by atoms with Crippen LogP contribution >= 0.6 is 15.9 Å². The Balaban J connectivity index is 2.17. The predicted octanol–water partition coefficient (Wildman–Crippen LogP) is 4.92. The zero-order chi connectivity index (χ0) is 15.2. The average molecular weight is 350 g/mol. The van der Waals surface area contributed by atoms with Gasteiger partial charge in [-0.3, -0.25) is 0 Å². The van der Waals surface area contributed by atoms with Gasteiger partial charge in [0.25, 0.3) is 0 Å². The molecule has 1 atom stereocenters. The lowest BCUT2D eigenvalue weighted by Gasteiger charge is -2.15. The molecule has 0 heterocycles. The van der Waals surface area contributed by atoms with Crippen LogP contribution in [0.1, 0.15) is 25.5 Å². The van der Waals surface area contributed by atoms with Crippen LogP contribution in [0.15, 0.2) is 46.9 Å². The molecule has 0 aliphatic carbocycles. The van der Waals surface area contributed by atoms with Gasteiger partial charge in [0.15, 0.2) is 0 Å². The number of methoxy groups -OCH3 is 1. The molecule has 0 bridgehead atoms. The largest absolute Gasteiger partial charge is 0.497 e. The summed E-state index contributed by atoms with van der Waals surface area (Å²) in [6.45, 7) is 5.19. The fraction of sp³-hybridized carbons (Fsp3) is 0.294. The fourth-order valence-electron chi connectivity index (χ4n) is 2.08. The molecule has 0 aliphatic heterocycles. The van der Waals surface area contributed by atoms with Gasteiger partial charge in [0.1, 0.15) is 17.2 Å². The lowest BCUT2D eigenvalue weighted by Crippen LogP contribution is -2.17. The number of halogens is 1. The van der Waals surface area contributed by atoms with Gasteiger partial charge in [-0.2, -0.15) is 0 Å². The van der Waals surface area contributed by atoms with E-state index in [2.05, 4.69) is 47.2 Å². The van der Waals surface area contributed by atoms with Crippen LogP contribution in [-0.4, -0.2) is 13.7 Å². The van der Waals surface area contributed by atoms with Gasteiger partial charge < -0.3 is 14.8 Å². The quantitative estimate of drug-likeness (QED) is 0.802. The minimum atomic E-state index is 0.317. The Morgan fingerprint density at radius 2 is 1.90 bits per heavy atom.